The third kappa shape index (κ3) is 4.61. The molecule has 0 radical (unpaired) electrons. The molecule has 0 saturated heterocycles. The zero-order chi connectivity index (χ0) is 28.6. The summed E-state index contributed by atoms with van der Waals surface area (Å²) in [5.41, 5.74) is 13.4. The minimum absolute atomic E-state index is 0.664. The van der Waals surface area contributed by atoms with Crippen LogP contribution in [0.2, 0.25) is 0 Å². The Morgan fingerprint density at radius 2 is 0.605 bits per heavy atom. The highest BCUT2D eigenvalue weighted by molar-refractivity contribution is 5.89. The van der Waals surface area contributed by atoms with Crippen LogP contribution in [0, 0.1) is 0 Å². The van der Waals surface area contributed by atoms with Crippen molar-refractivity contribution in [2.24, 2.45) is 0 Å². The van der Waals surface area contributed by atoms with E-state index >= 15 is 0 Å². The van der Waals surface area contributed by atoms with Gasteiger partial charge in [0.05, 0.1) is 0 Å². The van der Waals surface area contributed by atoms with Gasteiger partial charge in [-0.05, 0) is 50.9 Å². The van der Waals surface area contributed by atoms with Crippen LogP contribution in [0.3, 0.4) is 0 Å². The van der Waals surface area contributed by atoms with Crippen LogP contribution in [0.4, 0.5) is 0 Å². The van der Waals surface area contributed by atoms with E-state index < -0.39 is 0 Å². The number of hydrogen-bond donors (Lipinski definition) is 0. The quantitative estimate of drug-likeness (QED) is 0.214. The molecule has 0 bridgehead atoms. The zero-order valence-electron chi connectivity index (χ0n) is 23.5. The van der Waals surface area contributed by atoms with Crippen LogP contribution < -0.4 is 0 Å². The van der Waals surface area contributed by atoms with Gasteiger partial charge in [0.2, 0.25) is 0 Å². The third-order valence-electron chi connectivity index (χ3n) is 8.23. The van der Waals surface area contributed by atoms with Gasteiger partial charge in [-0.2, -0.15) is 0 Å². The van der Waals surface area contributed by atoms with Gasteiger partial charge >= 0.3 is 0 Å². The fourth-order valence-corrected chi connectivity index (χ4v) is 6.13. The average Bonchev–Trinajstić information content (AvgIpc) is 3.49. The smallest absolute Gasteiger partial charge is 0.164 e. The molecule has 0 unspecified atom stereocenters. The molecule has 0 fully saturated rings. The molecule has 43 heavy (non-hydrogen) atoms. The minimum atomic E-state index is 0.664. The van der Waals surface area contributed by atoms with Crippen LogP contribution >= 0.6 is 0 Å². The van der Waals surface area contributed by atoms with Gasteiger partial charge in [0.1, 0.15) is 0 Å². The molecule has 1 aliphatic carbocycles. The van der Waals surface area contributed by atoms with Gasteiger partial charge < -0.3 is 0 Å². The van der Waals surface area contributed by atoms with Crippen molar-refractivity contribution < 1.29 is 0 Å². The molecule has 8 rings (SSSR count). The van der Waals surface area contributed by atoms with E-state index in [4.69, 9.17) is 15.0 Å². The third-order valence-corrected chi connectivity index (χ3v) is 8.23. The highest BCUT2D eigenvalue weighted by Crippen LogP contribution is 2.45. The lowest BCUT2D eigenvalue weighted by Crippen LogP contribution is -2.00. The second kappa shape index (κ2) is 10.6. The molecular formula is C40H27N3. The van der Waals surface area contributed by atoms with E-state index in [1.807, 2.05) is 60.7 Å². The SMILES string of the molecule is c1ccc(-c2nc(-c3ccccc3)nc(-c3ccc(-c4cccc5c4Cc4c(-c6ccccc6)cccc4-5)cc3)n2)cc1. The van der Waals surface area contributed by atoms with E-state index in [1.54, 1.807) is 0 Å². The molecule has 1 aromatic heterocycles. The first-order valence-electron chi connectivity index (χ1n) is 14.6. The Morgan fingerprint density at radius 3 is 1.05 bits per heavy atom. The number of fused-ring (bicyclic) bond motifs is 3. The van der Waals surface area contributed by atoms with Gasteiger partial charge in [0, 0.05) is 16.7 Å². The number of rotatable bonds is 5. The van der Waals surface area contributed by atoms with E-state index in [1.165, 1.54) is 44.5 Å². The van der Waals surface area contributed by atoms with Crippen LogP contribution in [-0.4, -0.2) is 15.0 Å². The van der Waals surface area contributed by atoms with Gasteiger partial charge in [0.25, 0.3) is 0 Å². The molecule has 0 atom stereocenters. The van der Waals surface area contributed by atoms with Crippen molar-refractivity contribution in [2.75, 3.05) is 0 Å². The van der Waals surface area contributed by atoms with Crippen molar-refractivity contribution in [1.82, 2.24) is 15.0 Å². The Bertz CT molecular complexity index is 2010. The van der Waals surface area contributed by atoms with Crippen molar-refractivity contribution in [1.29, 1.82) is 0 Å². The van der Waals surface area contributed by atoms with Crippen molar-refractivity contribution >= 4 is 0 Å². The standard InChI is InChI=1S/C40H27N3/c1-4-12-27(13-5-1)32-18-10-20-34-35-21-11-19-33(37(35)26-36(32)34)28-22-24-31(25-23-28)40-42-38(29-14-6-2-7-15-29)41-39(43-40)30-16-8-3-9-17-30/h1-25H,26H2. The molecular weight excluding hydrogens is 522 g/mol. The molecule has 0 spiro atoms. The van der Waals surface area contributed by atoms with Crippen LogP contribution in [0.5, 0.6) is 0 Å². The number of hydrogen-bond acceptors (Lipinski definition) is 3. The van der Waals surface area contributed by atoms with Crippen LogP contribution in [-0.2, 0) is 6.42 Å². The summed E-state index contributed by atoms with van der Waals surface area (Å²) in [4.78, 5) is 14.6. The second-order valence-corrected chi connectivity index (χ2v) is 10.8. The monoisotopic (exact) mass is 549 g/mol. The normalized spacial score (nSPS) is 11.6. The molecule has 1 heterocycles. The Labute approximate surface area is 251 Å². The Kier molecular flexibility index (Phi) is 6.20. The van der Waals surface area contributed by atoms with Gasteiger partial charge in [-0.15, -0.1) is 0 Å². The summed E-state index contributed by atoms with van der Waals surface area (Å²) in [5.74, 6) is 2.00. The molecule has 3 heteroatoms. The summed E-state index contributed by atoms with van der Waals surface area (Å²) in [5, 5.41) is 0. The summed E-state index contributed by atoms with van der Waals surface area (Å²) in [6.45, 7) is 0. The number of aromatic nitrogens is 3. The minimum Gasteiger partial charge on any atom is -0.208 e. The lowest BCUT2D eigenvalue weighted by molar-refractivity contribution is 1.07. The van der Waals surface area contributed by atoms with E-state index in [0.717, 1.165) is 23.1 Å². The van der Waals surface area contributed by atoms with Crippen molar-refractivity contribution in [3.8, 4) is 67.5 Å². The van der Waals surface area contributed by atoms with Gasteiger partial charge in [0.15, 0.2) is 17.5 Å². The van der Waals surface area contributed by atoms with Crippen molar-refractivity contribution in [3.63, 3.8) is 0 Å². The number of nitrogens with zero attached hydrogens (tertiary/aromatic N) is 3. The molecule has 7 aromatic rings. The Morgan fingerprint density at radius 1 is 0.279 bits per heavy atom. The van der Waals surface area contributed by atoms with E-state index in [0.29, 0.717) is 17.5 Å². The predicted molar refractivity (Wildman–Crippen MR) is 175 cm³/mol. The van der Waals surface area contributed by atoms with Crippen molar-refractivity contribution in [2.45, 2.75) is 6.42 Å². The highest BCUT2D eigenvalue weighted by Gasteiger charge is 2.24. The summed E-state index contributed by atoms with van der Waals surface area (Å²) in [6, 6.07) is 52.9. The highest BCUT2D eigenvalue weighted by atomic mass is 15.0. The summed E-state index contributed by atoms with van der Waals surface area (Å²) in [6.07, 6.45) is 0.919. The van der Waals surface area contributed by atoms with Crippen LogP contribution in [0.25, 0.3) is 67.5 Å². The molecule has 202 valence electrons. The lowest BCUT2D eigenvalue weighted by atomic mass is 9.95. The largest absolute Gasteiger partial charge is 0.208 e. The molecule has 0 saturated carbocycles. The first-order valence-corrected chi connectivity index (χ1v) is 14.6. The van der Waals surface area contributed by atoms with Gasteiger partial charge in [-0.1, -0.05) is 152 Å². The maximum absolute atomic E-state index is 4.90. The maximum Gasteiger partial charge on any atom is 0.164 e. The van der Waals surface area contributed by atoms with Gasteiger partial charge in [-0.3, -0.25) is 0 Å². The topological polar surface area (TPSA) is 38.7 Å². The fourth-order valence-electron chi connectivity index (χ4n) is 6.13. The van der Waals surface area contributed by atoms with E-state index in [9.17, 15) is 0 Å². The average molecular weight is 550 g/mol. The molecule has 1 aliphatic rings. The fraction of sp³-hybridized carbons (Fsp3) is 0.0250. The van der Waals surface area contributed by atoms with Crippen molar-refractivity contribution in [3.05, 3.63) is 163 Å². The first kappa shape index (κ1) is 25.1. The maximum atomic E-state index is 4.90. The van der Waals surface area contributed by atoms with E-state index in [2.05, 4.69) is 91.0 Å². The van der Waals surface area contributed by atoms with Gasteiger partial charge in [-0.25, -0.2) is 15.0 Å². The Hall–Kier alpha value is -5.67. The molecule has 0 N–H and O–H groups in total. The number of benzene rings is 6. The lowest BCUT2D eigenvalue weighted by Gasteiger charge is -2.11. The second-order valence-electron chi connectivity index (χ2n) is 10.8. The molecule has 6 aromatic carbocycles. The molecule has 0 amide bonds. The van der Waals surface area contributed by atoms with E-state index in [-0.39, 0.29) is 0 Å². The van der Waals surface area contributed by atoms with Crippen LogP contribution in [0.1, 0.15) is 11.1 Å². The summed E-state index contributed by atoms with van der Waals surface area (Å²) >= 11 is 0. The summed E-state index contributed by atoms with van der Waals surface area (Å²) in [7, 11) is 0. The van der Waals surface area contributed by atoms with Crippen LogP contribution in [0.15, 0.2) is 152 Å². The molecule has 3 nitrogen and oxygen atoms in total. The first-order chi connectivity index (χ1) is 21.3. The zero-order valence-corrected chi connectivity index (χ0v) is 23.5. The predicted octanol–water partition coefficient (Wildman–Crippen LogP) is 9.78. The summed E-state index contributed by atoms with van der Waals surface area (Å²) < 4.78 is 0. The molecule has 0 aliphatic heterocycles. The Balaban J connectivity index is 1.18.